The van der Waals surface area contributed by atoms with Crippen LogP contribution in [0.5, 0.6) is 0 Å². The summed E-state index contributed by atoms with van der Waals surface area (Å²) in [4.78, 5) is 0. The molecule has 56 valence electrons. The van der Waals surface area contributed by atoms with Gasteiger partial charge in [-0.3, -0.25) is 5.41 Å². The number of rotatable bonds is 0. The Bertz CT molecular complexity index is 271. The summed E-state index contributed by atoms with van der Waals surface area (Å²) in [7, 11) is 0. The van der Waals surface area contributed by atoms with Crippen LogP contribution in [0.15, 0.2) is 18.2 Å². The second-order valence-corrected chi connectivity index (χ2v) is 1.93. The maximum atomic E-state index is 8.80. The van der Waals surface area contributed by atoms with Gasteiger partial charge in [0.25, 0.3) is 0 Å². The van der Waals surface area contributed by atoms with Crippen molar-refractivity contribution in [1.82, 2.24) is 4.73 Å². The van der Waals surface area contributed by atoms with Crippen LogP contribution in [0.3, 0.4) is 0 Å². The summed E-state index contributed by atoms with van der Waals surface area (Å²) in [5, 5.41) is 15.9. The zero-order valence-corrected chi connectivity index (χ0v) is 6.49. The molecular weight excluding hydrogens is 175 g/mol. The number of hydrogen-bond donors (Lipinski definition) is 2. The second-order valence-electron chi connectivity index (χ2n) is 1.55. The Hall–Kier alpha value is -0.670. The Kier molecular flexibility index (Phi) is 3.25. The first-order valence-electron chi connectivity index (χ1n) is 2.33. The highest BCUT2D eigenvalue weighted by molar-refractivity contribution is 6.29. The third-order valence-electron chi connectivity index (χ3n) is 0.918. The van der Waals surface area contributed by atoms with Crippen LogP contribution in [0.4, 0.5) is 0 Å². The number of nitrogens with zero attached hydrogens (tertiary/aromatic N) is 1. The monoisotopic (exact) mass is 180 g/mol. The van der Waals surface area contributed by atoms with Crippen molar-refractivity contribution >= 4 is 24.0 Å². The molecular formula is C5H6Cl2N2O. The van der Waals surface area contributed by atoms with Gasteiger partial charge in [-0.1, -0.05) is 17.7 Å². The molecule has 0 atom stereocenters. The number of halogens is 2. The zero-order valence-electron chi connectivity index (χ0n) is 4.91. The van der Waals surface area contributed by atoms with Gasteiger partial charge in [-0.05, 0) is 12.1 Å². The topological polar surface area (TPSA) is 49.0 Å². The van der Waals surface area contributed by atoms with E-state index in [9.17, 15) is 0 Å². The van der Waals surface area contributed by atoms with Crippen LogP contribution in [0.2, 0.25) is 5.15 Å². The smallest absolute Gasteiger partial charge is 0.162 e. The molecule has 2 N–H and O–H groups in total. The van der Waals surface area contributed by atoms with Crippen LogP contribution in [-0.4, -0.2) is 9.94 Å². The van der Waals surface area contributed by atoms with E-state index in [1.54, 1.807) is 6.07 Å². The van der Waals surface area contributed by atoms with E-state index in [-0.39, 0.29) is 23.0 Å². The van der Waals surface area contributed by atoms with Gasteiger partial charge in [0.2, 0.25) is 0 Å². The van der Waals surface area contributed by atoms with Gasteiger partial charge in [-0.25, -0.2) is 0 Å². The Morgan fingerprint density at radius 3 is 2.50 bits per heavy atom. The van der Waals surface area contributed by atoms with Crippen molar-refractivity contribution in [2.24, 2.45) is 0 Å². The van der Waals surface area contributed by atoms with Gasteiger partial charge in [-0.2, -0.15) is 4.73 Å². The van der Waals surface area contributed by atoms with Crippen molar-refractivity contribution in [3.8, 4) is 0 Å². The maximum absolute atomic E-state index is 8.80. The van der Waals surface area contributed by atoms with Gasteiger partial charge in [0.05, 0.1) is 0 Å². The van der Waals surface area contributed by atoms with Gasteiger partial charge >= 0.3 is 0 Å². The Morgan fingerprint density at radius 1 is 1.50 bits per heavy atom. The molecule has 0 aromatic carbocycles. The highest BCUT2D eigenvalue weighted by atomic mass is 35.5. The average Bonchev–Trinajstić information content (AvgIpc) is 1.83. The van der Waals surface area contributed by atoms with E-state index >= 15 is 0 Å². The standard InChI is InChI=1S/C5H5ClN2O.ClH/c6-4-2-1-3-5(7)8(4)9;/h1-3,7,9H;1H. The van der Waals surface area contributed by atoms with Gasteiger partial charge in [0.1, 0.15) is 5.15 Å². The van der Waals surface area contributed by atoms with Gasteiger partial charge in [-0.15, -0.1) is 12.4 Å². The molecule has 1 aromatic heterocycles. The van der Waals surface area contributed by atoms with E-state index in [0.29, 0.717) is 4.73 Å². The van der Waals surface area contributed by atoms with Crippen molar-refractivity contribution in [1.29, 1.82) is 5.41 Å². The first-order chi connectivity index (χ1) is 4.22. The molecule has 1 rings (SSSR count). The molecule has 1 aromatic rings. The number of nitrogens with one attached hydrogen (secondary N) is 1. The normalized spacial score (nSPS) is 8.50. The first-order valence-corrected chi connectivity index (χ1v) is 2.71. The van der Waals surface area contributed by atoms with E-state index in [1.165, 1.54) is 12.1 Å². The highest BCUT2D eigenvalue weighted by Gasteiger charge is 1.90. The summed E-state index contributed by atoms with van der Waals surface area (Å²) < 4.78 is 0.599. The highest BCUT2D eigenvalue weighted by Crippen LogP contribution is 1.99. The van der Waals surface area contributed by atoms with Crippen molar-refractivity contribution in [3.05, 3.63) is 28.8 Å². The molecule has 3 nitrogen and oxygen atoms in total. The van der Waals surface area contributed by atoms with E-state index in [1.807, 2.05) is 0 Å². The summed E-state index contributed by atoms with van der Waals surface area (Å²) in [5.74, 6) is 0. The Balaban J connectivity index is 0.000000810. The Morgan fingerprint density at radius 2 is 2.10 bits per heavy atom. The van der Waals surface area contributed by atoms with Crippen molar-refractivity contribution in [2.75, 3.05) is 0 Å². The van der Waals surface area contributed by atoms with Crippen LogP contribution < -0.4 is 5.49 Å². The van der Waals surface area contributed by atoms with Gasteiger partial charge < -0.3 is 5.21 Å². The van der Waals surface area contributed by atoms with Crippen LogP contribution in [0.1, 0.15) is 0 Å². The summed E-state index contributed by atoms with van der Waals surface area (Å²) in [6, 6.07) is 4.53. The zero-order chi connectivity index (χ0) is 6.85. The third-order valence-corrected chi connectivity index (χ3v) is 1.20. The molecule has 0 aliphatic carbocycles. The van der Waals surface area contributed by atoms with Crippen molar-refractivity contribution < 1.29 is 5.21 Å². The summed E-state index contributed by atoms with van der Waals surface area (Å²) >= 11 is 5.41. The minimum atomic E-state index is -0.0255. The third kappa shape index (κ3) is 1.65. The fourth-order valence-corrected chi connectivity index (χ4v) is 0.639. The van der Waals surface area contributed by atoms with E-state index in [2.05, 4.69) is 0 Å². The lowest BCUT2D eigenvalue weighted by Crippen LogP contribution is -2.15. The number of aromatic nitrogens is 1. The van der Waals surface area contributed by atoms with Crippen LogP contribution >= 0.6 is 24.0 Å². The molecule has 0 aliphatic rings. The Labute approximate surface area is 68.8 Å². The average molecular weight is 181 g/mol. The maximum Gasteiger partial charge on any atom is 0.162 e. The lowest BCUT2D eigenvalue weighted by molar-refractivity contribution is 0.171. The quantitative estimate of drug-likeness (QED) is 0.459. The van der Waals surface area contributed by atoms with E-state index in [4.69, 9.17) is 22.2 Å². The van der Waals surface area contributed by atoms with Crippen LogP contribution in [0, 0.1) is 5.41 Å². The lowest BCUT2D eigenvalue weighted by Gasteiger charge is -1.96. The predicted octanol–water partition coefficient (Wildman–Crippen LogP) is 1.28. The molecule has 10 heavy (non-hydrogen) atoms. The summed E-state index contributed by atoms with van der Waals surface area (Å²) in [6.07, 6.45) is 0. The van der Waals surface area contributed by atoms with Crippen LogP contribution in [-0.2, 0) is 0 Å². The largest absolute Gasteiger partial charge is 0.426 e. The SMILES string of the molecule is Cl.N=c1cccc(Cl)n1O. The molecule has 0 amide bonds. The molecule has 0 bridgehead atoms. The van der Waals surface area contributed by atoms with Gasteiger partial charge in [0.15, 0.2) is 5.49 Å². The minimum Gasteiger partial charge on any atom is -0.426 e. The first kappa shape index (κ1) is 9.33. The van der Waals surface area contributed by atoms with Crippen LogP contribution in [0.25, 0.3) is 0 Å². The molecule has 0 saturated heterocycles. The van der Waals surface area contributed by atoms with E-state index in [0.717, 1.165) is 0 Å². The molecule has 0 radical (unpaired) electrons. The molecule has 0 fully saturated rings. The molecule has 0 saturated carbocycles. The second kappa shape index (κ2) is 3.49. The van der Waals surface area contributed by atoms with Gasteiger partial charge in [0, 0.05) is 0 Å². The summed E-state index contributed by atoms with van der Waals surface area (Å²) in [5.41, 5.74) is -0.0255. The van der Waals surface area contributed by atoms with E-state index < -0.39 is 0 Å². The summed E-state index contributed by atoms with van der Waals surface area (Å²) in [6.45, 7) is 0. The minimum absolute atomic E-state index is 0. The molecule has 0 spiro atoms. The molecule has 5 heteroatoms. The van der Waals surface area contributed by atoms with Crippen molar-refractivity contribution in [3.63, 3.8) is 0 Å². The fourth-order valence-electron chi connectivity index (χ4n) is 0.475. The molecule has 1 heterocycles. The van der Waals surface area contributed by atoms with Crippen molar-refractivity contribution in [2.45, 2.75) is 0 Å². The molecule has 0 aliphatic heterocycles. The predicted molar refractivity (Wildman–Crippen MR) is 39.7 cm³/mol. The fraction of sp³-hybridized carbons (Fsp3) is 0. The number of hydrogen-bond acceptors (Lipinski definition) is 2. The lowest BCUT2D eigenvalue weighted by atomic mass is 10.5. The molecule has 0 unspecified atom stereocenters. The number of pyridine rings is 1.